The van der Waals surface area contributed by atoms with E-state index in [1.807, 2.05) is 30.1 Å². The minimum absolute atomic E-state index is 0.0554. The summed E-state index contributed by atoms with van der Waals surface area (Å²) in [6.45, 7) is 2.91. The lowest BCUT2D eigenvalue weighted by Crippen LogP contribution is -2.32. The Morgan fingerprint density at radius 2 is 1.93 bits per heavy atom. The fourth-order valence-electron chi connectivity index (χ4n) is 5.85. The maximum Gasteiger partial charge on any atom is 0.303 e. The van der Waals surface area contributed by atoms with Crippen molar-refractivity contribution >= 4 is 45.9 Å². The minimum Gasteiger partial charge on any atom is -0.481 e. The number of benzene rings is 1. The Labute approximate surface area is 269 Å². The summed E-state index contributed by atoms with van der Waals surface area (Å²) in [6.07, 6.45) is 6.57. The number of aromatic nitrogens is 2. The first-order chi connectivity index (χ1) is 21.3. The highest BCUT2D eigenvalue weighted by molar-refractivity contribution is 6.18. The van der Waals surface area contributed by atoms with E-state index >= 15 is 0 Å². The molecule has 0 fully saturated rings. The zero-order chi connectivity index (χ0) is 31.5. The molecule has 44 heavy (non-hydrogen) atoms. The van der Waals surface area contributed by atoms with E-state index in [1.54, 1.807) is 0 Å². The molecule has 1 aromatic carbocycles. The second-order valence-corrected chi connectivity index (χ2v) is 12.0. The van der Waals surface area contributed by atoms with Crippen LogP contribution in [0.1, 0.15) is 50.8 Å². The molecule has 5 N–H and O–H groups in total. The van der Waals surface area contributed by atoms with E-state index in [4.69, 9.17) is 38.0 Å². The standard InChI is InChI=1S/C31H46Cl2N6O5/c1-37-27-11-9-23(38(14-12-32)16-18-40)21-26(27)36-29(37)5-3-7-31(43)44-19-17-39(15-13-33)22-8-10-24-25(20-22)35-28(34-24)4-2-6-30(41)42/h9,11,20-21,28,31,34-35,40,43H,2-8,10,12-19H2,1H3,(H,41,42). The Morgan fingerprint density at radius 1 is 1.14 bits per heavy atom. The number of aliphatic hydroxyl groups excluding tert-OH is 2. The second kappa shape index (κ2) is 17.1. The Bertz CT molecular complexity index is 1300. The number of halogens is 2. The Morgan fingerprint density at radius 3 is 2.68 bits per heavy atom. The predicted molar refractivity (Wildman–Crippen MR) is 174 cm³/mol. The number of aryl methyl sites for hydroxylation is 2. The first-order valence-electron chi connectivity index (χ1n) is 15.5. The average Bonchev–Trinajstić information content (AvgIpc) is 3.55. The van der Waals surface area contributed by atoms with Crippen LogP contribution in [0.25, 0.3) is 11.0 Å². The number of carbonyl (C=O) groups is 1. The number of rotatable bonds is 20. The van der Waals surface area contributed by atoms with E-state index in [2.05, 4.69) is 26.2 Å². The molecule has 0 saturated heterocycles. The lowest BCUT2D eigenvalue weighted by atomic mass is 10.0. The van der Waals surface area contributed by atoms with Gasteiger partial charge in [-0.05, 0) is 62.8 Å². The van der Waals surface area contributed by atoms with Gasteiger partial charge in [0.15, 0.2) is 6.29 Å². The predicted octanol–water partition coefficient (Wildman–Crippen LogP) is 3.47. The lowest BCUT2D eigenvalue weighted by Gasteiger charge is -2.29. The highest BCUT2D eigenvalue weighted by atomic mass is 35.5. The number of aliphatic carboxylic acids is 1. The molecule has 0 radical (unpaired) electrons. The largest absolute Gasteiger partial charge is 0.481 e. The first kappa shape index (κ1) is 34.2. The van der Waals surface area contributed by atoms with Gasteiger partial charge in [-0.2, -0.15) is 0 Å². The number of nitrogens with one attached hydrogen (secondary N) is 2. The van der Waals surface area contributed by atoms with Crippen LogP contribution in [0.2, 0.25) is 0 Å². The van der Waals surface area contributed by atoms with Gasteiger partial charge in [-0.3, -0.25) is 4.79 Å². The zero-order valence-electron chi connectivity index (χ0n) is 25.5. The van der Waals surface area contributed by atoms with Gasteiger partial charge in [0.25, 0.3) is 0 Å². The van der Waals surface area contributed by atoms with Crippen LogP contribution in [0, 0.1) is 0 Å². The molecule has 0 bridgehead atoms. The molecule has 1 aliphatic heterocycles. The van der Waals surface area contributed by atoms with Crippen molar-refractivity contribution in [2.75, 3.05) is 56.1 Å². The SMILES string of the molecule is Cn1c(CCCC(O)OCCN(CCCl)C2=CC3=C(CC2)NC(CCCC(=O)O)N3)nc2cc(N(CCO)CCCl)ccc21. The van der Waals surface area contributed by atoms with Crippen molar-refractivity contribution in [2.24, 2.45) is 7.05 Å². The van der Waals surface area contributed by atoms with Gasteiger partial charge >= 0.3 is 5.97 Å². The number of hydrogen-bond donors (Lipinski definition) is 5. The highest BCUT2D eigenvalue weighted by Crippen LogP contribution is 2.28. The van der Waals surface area contributed by atoms with Crippen LogP contribution in [-0.2, 0) is 23.0 Å². The topological polar surface area (TPSA) is 135 Å². The van der Waals surface area contributed by atoms with Crippen molar-refractivity contribution < 1.29 is 24.9 Å². The van der Waals surface area contributed by atoms with Crippen molar-refractivity contribution in [3.05, 3.63) is 47.2 Å². The summed E-state index contributed by atoms with van der Waals surface area (Å²) >= 11 is 12.1. The van der Waals surface area contributed by atoms with Crippen molar-refractivity contribution in [2.45, 2.75) is 63.8 Å². The summed E-state index contributed by atoms with van der Waals surface area (Å²) in [5, 5.41) is 35.8. The van der Waals surface area contributed by atoms with Gasteiger partial charge in [-0.25, -0.2) is 4.98 Å². The minimum atomic E-state index is -0.862. The molecular weight excluding hydrogens is 607 g/mol. The first-order valence-corrected chi connectivity index (χ1v) is 16.6. The Hall–Kier alpha value is -2.70. The van der Waals surface area contributed by atoms with Crippen LogP contribution in [0.3, 0.4) is 0 Å². The second-order valence-electron chi connectivity index (χ2n) is 11.2. The maximum absolute atomic E-state index is 10.8. The van der Waals surface area contributed by atoms with E-state index in [0.717, 1.165) is 53.9 Å². The number of aliphatic hydroxyl groups is 2. The summed E-state index contributed by atoms with van der Waals surface area (Å²) in [6, 6.07) is 6.11. The van der Waals surface area contributed by atoms with E-state index in [0.29, 0.717) is 63.8 Å². The molecule has 4 rings (SSSR count). The Balaban J connectivity index is 1.22. The summed E-state index contributed by atoms with van der Waals surface area (Å²) in [5.74, 6) is 1.14. The smallest absolute Gasteiger partial charge is 0.303 e. The summed E-state index contributed by atoms with van der Waals surface area (Å²) in [5.41, 5.74) is 6.32. The normalized spacial score (nSPS) is 16.8. The van der Waals surface area contributed by atoms with Crippen molar-refractivity contribution in [3.63, 3.8) is 0 Å². The highest BCUT2D eigenvalue weighted by Gasteiger charge is 2.26. The molecule has 1 aromatic heterocycles. The van der Waals surface area contributed by atoms with Crippen LogP contribution in [0.15, 0.2) is 41.4 Å². The number of nitrogens with zero attached hydrogens (tertiary/aromatic N) is 4. The van der Waals surface area contributed by atoms with Gasteiger partial charge in [0.05, 0.1) is 36.1 Å². The van der Waals surface area contributed by atoms with Crippen LogP contribution >= 0.6 is 23.2 Å². The lowest BCUT2D eigenvalue weighted by molar-refractivity contribution is -0.137. The molecule has 2 unspecified atom stereocenters. The molecule has 0 amide bonds. The number of fused-ring (bicyclic) bond motifs is 1. The summed E-state index contributed by atoms with van der Waals surface area (Å²) in [4.78, 5) is 19.9. The average molecular weight is 654 g/mol. The molecule has 2 aliphatic rings. The third kappa shape index (κ3) is 9.40. The fourth-order valence-corrected chi connectivity index (χ4v) is 6.25. The number of carboxylic acid groups (broad SMARTS) is 1. The van der Waals surface area contributed by atoms with Crippen molar-refractivity contribution in [1.82, 2.24) is 25.1 Å². The van der Waals surface area contributed by atoms with Gasteiger partial charge in [0.2, 0.25) is 0 Å². The fraction of sp³-hybridized carbons (Fsp3) is 0.613. The number of carboxylic acids is 1. The molecular formula is C31H46Cl2N6O5. The molecule has 11 nitrogen and oxygen atoms in total. The Kier molecular flexibility index (Phi) is 13.3. The van der Waals surface area contributed by atoms with Gasteiger partial charge in [0, 0.05) is 74.9 Å². The van der Waals surface area contributed by atoms with E-state index in [9.17, 15) is 15.0 Å². The molecule has 0 spiro atoms. The third-order valence-electron chi connectivity index (χ3n) is 8.16. The number of allylic oxidation sites excluding steroid dienone is 3. The quantitative estimate of drug-likeness (QED) is 0.107. The van der Waals surface area contributed by atoms with E-state index in [-0.39, 0.29) is 19.2 Å². The number of ether oxygens (including phenoxy) is 1. The number of anilines is 1. The van der Waals surface area contributed by atoms with Crippen molar-refractivity contribution in [3.8, 4) is 0 Å². The molecule has 0 saturated carbocycles. The monoisotopic (exact) mass is 652 g/mol. The van der Waals surface area contributed by atoms with Gasteiger partial charge < -0.3 is 45.1 Å². The molecule has 13 heteroatoms. The maximum atomic E-state index is 10.8. The number of alkyl halides is 2. The van der Waals surface area contributed by atoms with Crippen LogP contribution < -0.4 is 15.5 Å². The van der Waals surface area contributed by atoms with E-state index < -0.39 is 12.3 Å². The zero-order valence-corrected chi connectivity index (χ0v) is 27.0. The van der Waals surface area contributed by atoms with Gasteiger partial charge in [0.1, 0.15) is 5.82 Å². The van der Waals surface area contributed by atoms with Crippen molar-refractivity contribution in [1.29, 1.82) is 0 Å². The molecule has 2 heterocycles. The van der Waals surface area contributed by atoms with Gasteiger partial charge in [-0.1, -0.05) is 0 Å². The molecule has 244 valence electrons. The third-order valence-corrected chi connectivity index (χ3v) is 8.50. The van der Waals surface area contributed by atoms with Crippen LogP contribution in [-0.4, -0.2) is 99.3 Å². The van der Waals surface area contributed by atoms with Crippen LogP contribution in [0.5, 0.6) is 0 Å². The molecule has 1 aliphatic carbocycles. The number of hydrogen-bond acceptors (Lipinski definition) is 9. The molecule has 2 atom stereocenters. The van der Waals surface area contributed by atoms with Crippen LogP contribution in [0.4, 0.5) is 5.69 Å². The summed E-state index contributed by atoms with van der Waals surface area (Å²) in [7, 11) is 2.00. The van der Waals surface area contributed by atoms with E-state index in [1.165, 1.54) is 11.4 Å². The number of imidazole rings is 1. The molecule has 2 aromatic rings. The summed E-state index contributed by atoms with van der Waals surface area (Å²) < 4.78 is 7.87. The van der Waals surface area contributed by atoms with Gasteiger partial charge in [-0.15, -0.1) is 23.2 Å².